The van der Waals surface area contributed by atoms with Gasteiger partial charge in [-0.2, -0.15) is 0 Å². The maximum atomic E-state index is 11.5. The highest BCUT2D eigenvalue weighted by atomic mass is 16.5. The summed E-state index contributed by atoms with van der Waals surface area (Å²) in [5, 5.41) is 13.8. The average Bonchev–Trinajstić information content (AvgIpc) is 3.31. The first kappa shape index (κ1) is 15.8. The molecule has 0 aliphatic heterocycles. The van der Waals surface area contributed by atoms with Gasteiger partial charge in [0.2, 0.25) is 0 Å². The lowest BCUT2D eigenvalue weighted by Gasteiger charge is -2.24. The summed E-state index contributed by atoms with van der Waals surface area (Å²) in [5.41, 5.74) is 0.764. The second kappa shape index (κ2) is 7.43. The number of aliphatic hydroxyl groups is 1. The van der Waals surface area contributed by atoms with Crippen LogP contribution >= 0.6 is 0 Å². The number of ether oxygens (including phenoxy) is 2. The van der Waals surface area contributed by atoms with E-state index in [4.69, 9.17) is 9.47 Å². The fraction of sp³-hybridized carbons (Fsp3) is 0.562. The Kier molecular flexibility index (Phi) is 5.59. The summed E-state index contributed by atoms with van der Waals surface area (Å²) in [5.74, 6) is 0.450. The lowest BCUT2D eigenvalue weighted by molar-refractivity contribution is -0.142. The standard InChI is InChI=1S/C16H23NO4/c1-3-21-13-8-4-11(5-9-13)16(19)14(10-15(18)20-2)17-12-6-7-12/h4-5,8-9,12,14,16-17,19H,3,6-7,10H2,1-2H3. The van der Waals surface area contributed by atoms with Gasteiger partial charge in [-0.1, -0.05) is 12.1 Å². The Bertz CT molecular complexity index is 456. The summed E-state index contributed by atoms with van der Waals surface area (Å²) in [6.45, 7) is 2.53. The summed E-state index contributed by atoms with van der Waals surface area (Å²) in [7, 11) is 1.36. The van der Waals surface area contributed by atoms with E-state index in [1.54, 1.807) is 0 Å². The number of hydrogen-bond acceptors (Lipinski definition) is 5. The zero-order chi connectivity index (χ0) is 15.2. The van der Waals surface area contributed by atoms with E-state index in [1.807, 2.05) is 31.2 Å². The minimum absolute atomic E-state index is 0.154. The minimum atomic E-state index is -0.750. The number of nitrogens with one attached hydrogen (secondary N) is 1. The highest BCUT2D eigenvalue weighted by molar-refractivity contribution is 5.70. The van der Waals surface area contributed by atoms with Crippen molar-refractivity contribution in [2.24, 2.45) is 0 Å². The van der Waals surface area contributed by atoms with E-state index >= 15 is 0 Å². The van der Waals surface area contributed by atoms with E-state index in [1.165, 1.54) is 7.11 Å². The Balaban J connectivity index is 2.04. The highest BCUT2D eigenvalue weighted by Crippen LogP contribution is 2.26. The highest BCUT2D eigenvalue weighted by Gasteiger charge is 2.30. The number of methoxy groups -OCH3 is 1. The number of benzene rings is 1. The molecule has 1 aromatic rings. The molecule has 5 nitrogen and oxygen atoms in total. The van der Waals surface area contributed by atoms with E-state index < -0.39 is 6.10 Å². The van der Waals surface area contributed by atoms with Crippen molar-refractivity contribution < 1.29 is 19.4 Å². The molecule has 1 saturated carbocycles. The number of carbonyl (C=O) groups is 1. The number of hydrogen-bond donors (Lipinski definition) is 2. The van der Waals surface area contributed by atoms with Gasteiger partial charge in [0.15, 0.2) is 0 Å². The van der Waals surface area contributed by atoms with Gasteiger partial charge in [-0.15, -0.1) is 0 Å². The molecule has 2 unspecified atom stereocenters. The largest absolute Gasteiger partial charge is 0.494 e. The molecular formula is C16H23NO4. The van der Waals surface area contributed by atoms with E-state index in [9.17, 15) is 9.90 Å². The van der Waals surface area contributed by atoms with Gasteiger partial charge in [0.05, 0.1) is 26.2 Å². The van der Waals surface area contributed by atoms with Gasteiger partial charge in [0, 0.05) is 12.1 Å². The lowest BCUT2D eigenvalue weighted by atomic mass is 9.99. The van der Waals surface area contributed by atoms with Crippen molar-refractivity contribution in [3.05, 3.63) is 29.8 Å². The van der Waals surface area contributed by atoms with Gasteiger partial charge < -0.3 is 19.9 Å². The molecule has 2 atom stereocenters. The normalized spacial score (nSPS) is 17.1. The minimum Gasteiger partial charge on any atom is -0.494 e. The lowest BCUT2D eigenvalue weighted by Crippen LogP contribution is -2.38. The topological polar surface area (TPSA) is 67.8 Å². The Morgan fingerprint density at radius 2 is 2.05 bits per heavy atom. The Morgan fingerprint density at radius 3 is 2.57 bits per heavy atom. The van der Waals surface area contributed by atoms with Gasteiger partial charge in [-0.25, -0.2) is 0 Å². The molecular weight excluding hydrogens is 270 g/mol. The van der Waals surface area contributed by atoms with Crippen LogP contribution in [0.3, 0.4) is 0 Å². The van der Waals surface area contributed by atoms with Crippen molar-refractivity contribution in [1.82, 2.24) is 5.32 Å². The Hall–Kier alpha value is -1.59. The fourth-order valence-electron chi connectivity index (χ4n) is 2.24. The predicted octanol–water partition coefficient (Wildman–Crippen LogP) is 1.80. The van der Waals surface area contributed by atoms with Crippen LogP contribution in [0.25, 0.3) is 0 Å². The summed E-state index contributed by atoms with van der Waals surface area (Å²) in [4.78, 5) is 11.5. The molecule has 116 valence electrons. The quantitative estimate of drug-likeness (QED) is 0.715. The van der Waals surface area contributed by atoms with Crippen LogP contribution < -0.4 is 10.1 Å². The molecule has 21 heavy (non-hydrogen) atoms. The molecule has 0 bridgehead atoms. The van der Waals surface area contributed by atoms with Crippen LogP contribution in [-0.4, -0.2) is 36.9 Å². The third-order valence-electron chi connectivity index (χ3n) is 3.56. The number of esters is 1. The van der Waals surface area contributed by atoms with E-state index in [0.29, 0.717) is 12.6 Å². The van der Waals surface area contributed by atoms with Gasteiger partial charge in [0.1, 0.15) is 5.75 Å². The van der Waals surface area contributed by atoms with E-state index in [-0.39, 0.29) is 18.4 Å². The van der Waals surface area contributed by atoms with Crippen molar-refractivity contribution >= 4 is 5.97 Å². The fourth-order valence-corrected chi connectivity index (χ4v) is 2.24. The molecule has 0 aromatic heterocycles. The molecule has 1 aromatic carbocycles. The summed E-state index contributed by atoms with van der Waals surface area (Å²) >= 11 is 0. The van der Waals surface area contributed by atoms with Gasteiger partial charge in [0.25, 0.3) is 0 Å². The van der Waals surface area contributed by atoms with Crippen LogP contribution in [0.5, 0.6) is 5.75 Å². The number of carbonyl (C=O) groups excluding carboxylic acids is 1. The molecule has 1 aliphatic carbocycles. The third kappa shape index (κ3) is 4.72. The van der Waals surface area contributed by atoms with Crippen LogP contribution in [-0.2, 0) is 9.53 Å². The molecule has 5 heteroatoms. The summed E-state index contributed by atoms with van der Waals surface area (Å²) in [6.07, 6.45) is 1.59. The smallest absolute Gasteiger partial charge is 0.307 e. The molecule has 2 rings (SSSR count). The van der Waals surface area contributed by atoms with Crippen LogP contribution in [0.1, 0.15) is 37.9 Å². The zero-order valence-electron chi connectivity index (χ0n) is 12.5. The van der Waals surface area contributed by atoms with Gasteiger partial charge >= 0.3 is 5.97 Å². The summed E-state index contributed by atoms with van der Waals surface area (Å²) < 4.78 is 10.1. The van der Waals surface area contributed by atoms with Crippen molar-refractivity contribution in [2.45, 2.75) is 44.4 Å². The number of rotatable bonds is 8. The number of aliphatic hydroxyl groups excluding tert-OH is 1. The van der Waals surface area contributed by atoms with Crippen molar-refractivity contribution in [3.63, 3.8) is 0 Å². The Morgan fingerprint density at radius 1 is 1.38 bits per heavy atom. The second-order valence-corrected chi connectivity index (χ2v) is 5.27. The first-order valence-electron chi connectivity index (χ1n) is 7.37. The second-order valence-electron chi connectivity index (χ2n) is 5.27. The molecule has 0 heterocycles. The molecule has 1 aliphatic rings. The first-order valence-corrected chi connectivity index (χ1v) is 7.37. The molecule has 0 amide bonds. The van der Waals surface area contributed by atoms with E-state index in [0.717, 1.165) is 24.2 Å². The maximum absolute atomic E-state index is 11.5. The van der Waals surface area contributed by atoms with Gasteiger partial charge in [-0.05, 0) is 37.5 Å². The monoisotopic (exact) mass is 293 g/mol. The van der Waals surface area contributed by atoms with Crippen molar-refractivity contribution in [2.75, 3.05) is 13.7 Å². The average molecular weight is 293 g/mol. The van der Waals surface area contributed by atoms with Gasteiger partial charge in [-0.3, -0.25) is 4.79 Å². The zero-order valence-corrected chi connectivity index (χ0v) is 12.5. The first-order chi connectivity index (χ1) is 10.1. The van der Waals surface area contributed by atoms with Crippen molar-refractivity contribution in [1.29, 1.82) is 0 Å². The maximum Gasteiger partial charge on any atom is 0.307 e. The van der Waals surface area contributed by atoms with Crippen LogP contribution in [0.2, 0.25) is 0 Å². The molecule has 2 N–H and O–H groups in total. The molecule has 0 saturated heterocycles. The Labute approximate surface area is 125 Å². The third-order valence-corrected chi connectivity index (χ3v) is 3.56. The van der Waals surface area contributed by atoms with Crippen molar-refractivity contribution in [3.8, 4) is 5.75 Å². The van der Waals surface area contributed by atoms with Crippen LogP contribution in [0.4, 0.5) is 0 Å². The molecule has 1 fully saturated rings. The van der Waals surface area contributed by atoms with Crippen LogP contribution in [0.15, 0.2) is 24.3 Å². The molecule has 0 spiro atoms. The SMILES string of the molecule is CCOc1ccc(C(O)C(CC(=O)OC)NC2CC2)cc1. The molecule has 0 radical (unpaired) electrons. The predicted molar refractivity (Wildman–Crippen MR) is 79.1 cm³/mol. The van der Waals surface area contributed by atoms with Crippen LogP contribution in [0, 0.1) is 0 Å². The van der Waals surface area contributed by atoms with E-state index in [2.05, 4.69) is 5.32 Å². The summed E-state index contributed by atoms with van der Waals surface area (Å²) in [6, 6.07) is 7.38.